The number of pyridine rings is 1. The summed E-state index contributed by atoms with van der Waals surface area (Å²) in [5, 5.41) is 15.4. The Balaban J connectivity index is 1.89. The van der Waals surface area contributed by atoms with E-state index in [0.29, 0.717) is 22.5 Å². The van der Waals surface area contributed by atoms with Crippen LogP contribution in [0.4, 0.5) is 17.1 Å². The van der Waals surface area contributed by atoms with E-state index < -0.39 is 0 Å². The van der Waals surface area contributed by atoms with E-state index in [0.717, 1.165) is 5.69 Å². The summed E-state index contributed by atoms with van der Waals surface area (Å²) in [6, 6.07) is 10.8. The van der Waals surface area contributed by atoms with Crippen LogP contribution in [0, 0.1) is 5.21 Å². The van der Waals surface area contributed by atoms with Crippen molar-refractivity contribution in [3.8, 4) is 0 Å². The molecule has 1 aliphatic rings. The van der Waals surface area contributed by atoms with Gasteiger partial charge in [0, 0.05) is 6.20 Å². The van der Waals surface area contributed by atoms with Gasteiger partial charge in [-0.2, -0.15) is 0 Å². The second-order valence-electron chi connectivity index (χ2n) is 3.72. The van der Waals surface area contributed by atoms with Crippen molar-refractivity contribution in [2.75, 3.05) is 10.5 Å². The number of nitrogens with one attached hydrogen (secondary N) is 2. The first-order valence-corrected chi connectivity index (χ1v) is 5.41. The van der Waals surface area contributed by atoms with Gasteiger partial charge in [0.15, 0.2) is 0 Å². The van der Waals surface area contributed by atoms with Crippen LogP contribution < -0.4 is 15.9 Å². The minimum absolute atomic E-state index is 0.372. The molecule has 18 heavy (non-hydrogen) atoms. The molecule has 0 amide bonds. The summed E-state index contributed by atoms with van der Waals surface area (Å²) < 4.78 is 0. The first-order valence-electron chi connectivity index (χ1n) is 5.41. The van der Waals surface area contributed by atoms with Crippen LogP contribution in [-0.4, -0.2) is 10.9 Å². The van der Waals surface area contributed by atoms with E-state index >= 15 is 0 Å². The van der Waals surface area contributed by atoms with Gasteiger partial charge in [0.2, 0.25) is 5.96 Å². The lowest BCUT2D eigenvalue weighted by atomic mass is 10.2. The molecule has 0 saturated heterocycles. The van der Waals surface area contributed by atoms with Crippen molar-refractivity contribution in [1.29, 1.82) is 0 Å². The molecule has 90 valence electrons. The molecule has 2 N–H and O–H groups in total. The molecule has 1 aromatic carbocycles. The van der Waals surface area contributed by atoms with Crippen LogP contribution in [0.15, 0.2) is 53.8 Å². The fourth-order valence-electron chi connectivity index (χ4n) is 1.66. The van der Waals surface area contributed by atoms with Crippen molar-refractivity contribution in [2.45, 2.75) is 0 Å². The number of hydrogen-bond donors (Lipinski definition) is 2. The molecular formula is C12H10N5O-. The molecule has 6 heteroatoms. The number of nitrogens with zero attached hydrogens (tertiary/aromatic N) is 3. The van der Waals surface area contributed by atoms with Crippen LogP contribution in [0.1, 0.15) is 0 Å². The molecule has 0 saturated carbocycles. The first kappa shape index (κ1) is 10.5. The molecule has 0 spiro atoms. The number of hydrazine groups is 1. The average molecular weight is 240 g/mol. The van der Waals surface area contributed by atoms with E-state index in [1.54, 1.807) is 36.7 Å². The van der Waals surface area contributed by atoms with Crippen LogP contribution in [0.3, 0.4) is 0 Å². The number of fused-ring (bicyclic) bond motifs is 1. The summed E-state index contributed by atoms with van der Waals surface area (Å²) >= 11 is 0. The van der Waals surface area contributed by atoms with Crippen LogP contribution >= 0.6 is 0 Å². The van der Waals surface area contributed by atoms with Gasteiger partial charge in [-0.05, 0) is 24.3 Å². The Kier molecular flexibility index (Phi) is 2.54. The Morgan fingerprint density at radius 2 is 2.06 bits per heavy atom. The SMILES string of the molecule is [O-]N1NC(Nc2cccnc2)=Nc2ccccc21. The Labute approximate surface area is 104 Å². The third-order valence-electron chi connectivity index (χ3n) is 2.46. The topological polar surface area (TPSA) is 75.6 Å². The Morgan fingerprint density at radius 3 is 2.89 bits per heavy atom. The van der Waals surface area contributed by atoms with Gasteiger partial charge in [-0.15, -0.1) is 0 Å². The monoisotopic (exact) mass is 240 g/mol. The van der Waals surface area contributed by atoms with Crippen LogP contribution in [0.25, 0.3) is 0 Å². The third kappa shape index (κ3) is 1.96. The van der Waals surface area contributed by atoms with Crippen molar-refractivity contribution >= 4 is 23.0 Å². The molecule has 0 fully saturated rings. The lowest BCUT2D eigenvalue weighted by Crippen LogP contribution is -2.44. The lowest BCUT2D eigenvalue weighted by Gasteiger charge is -2.36. The highest BCUT2D eigenvalue weighted by Crippen LogP contribution is 2.29. The van der Waals surface area contributed by atoms with Crippen LogP contribution in [0.2, 0.25) is 0 Å². The van der Waals surface area contributed by atoms with E-state index in [1.807, 2.05) is 12.1 Å². The molecular weight excluding hydrogens is 230 g/mol. The van der Waals surface area contributed by atoms with Gasteiger partial charge in [0.1, 0.15) is 0 Å². The number of guanidine groups is 1. The number of anilines is 2. The van der Waals surface area contributed by atoms with Gasteiger partial charge in [0.05, 0.1) is 23.3 Å². The largest absolute Gasteiger partial charge is 0.739 e. The van der Waals surface area contributed by atoms with Gasteiger partial charge in [-0.1, -0.05) is 12.1 Å². The molecule has 1 aliphatic heterocycles. The Bertz CT molecular complexity index is 584. The maximum absolute atomic E-state index is 11.8. The maximum atomic E-state index is 11.8. The van der Waals surface area contributed by atoms with Gasteiger partial charge < -0.3 is 15.7 Å². The molecule has 1 aromatic heterocycles. The number of aliphatic imine (C=N–C) groups is 1. The summed E-state index contributed by atoms with van der Waals surface area (Å²) in [5.74, 6) is 0.372. The van der Waals surface area contributed by atoms with Crippen LogP contribution in [-0.2, 0) is 0 Å². The molecule has 0 aliphatic carbocycles. The third-order valence-corrected chi connectivity index (χ3v) is 2.46. The average Bonchev–Trinajstić information content (AvgIpc) is 2.40. The van der Waals surface area contributed by atoms with Crippen molar-refractivity contribution in [3.05, 3.63) is 54.0 Å². The van der Waals surface area contributed by atoms with Gasteiger partial charge >= 0.3 is 0 Å². The van der Waals surface area contributed by atoms with Crippen molar-refractivity contribution < 1.29 is 0 Å². The Hall–Kier alpha value is -2.60. The van der Waals surface area contributed by atoms with E-state index in [1.165, 1.54) is 0 Å². The van der Waals surface area contributed by atoms with Gasteiger partial charge in [-0.3, -0.25) is 10.4 Å². The summed E-state index contributed by atoms with van der Waals surface area (Å²) in [6.07, 6.45) is 3.33. The second kappa shape index (κ2) is 4.34. The Morgan fingerprint density at radius 1 is 1.17 bits per heavy atom. The molecule has 2 aromatic rings. The smallest absolute Gasteiger partial charge is 0.219 e. The molecule has 2 heterocycles. The number of para-hydroxylation sites is 2. The van der Waals surface area contributed by atoms with Crippen molar-refractivity contribution in [2.24, 2.45) is 4.99 Å². The standard InChI is InChI=1S/C12H10N5O/c18-17-11-6-2-1-5-10(11)15-12(16-17)14-9-4-3-7-13-8-9/h1-8H,(H2,14,15,16)/q-1. The quantitative estimate of drug-likeness (QED) is 0.797. The van der Waals surface area contributed by atoms with Gasteiger partial charge in [-0.25, -0.2) is 4.99 Å². The van der Waals surface area contributed by atoms with E-state index in [4.69, 9.17) is 0 Å². The molecule has 0 unspecified atom stereocenters. The highest BCUT2D eigenvalue weighted by molar-refractivity contribution is 5.99. The van der Waals surface area contributed by atoms with Crippen LogP contribution in [0.5, 0.6) is 0 Å². The zero-order valence-electron chi connectivity index (χ0n) is 9.37. The summed E-state index contributed by atoms with van der Waals surface area (Å²) in [7, 11) is 0. The summed E-state index contributed by atoms with van der Waals surface area (Å²) in [5.41, 5.74) is 4.49. The predicted molar refractivity (Wildman–Crippen MR) is 70.4 cm³/mol. The van der Waals surface area contributed by atoms with E-state index in [2.05, 4.69) is 20.7 Å². The predicted octanol–water partition coefficient (Wildman–Crippen LogP) is 2.00. The fraction of sp³-hybridized carbons (Fsp3) is 0. The minimum Gasteiger partial charge on any atom is -0.739 e. The fourth-order valence-corrected chi connectivity index (χ4v) is 1.66. The molecule has 0 radical (unpaired) electrons. The zero-order valence-corrected chi connectivity index (χ0v) is 9.37. The van der Waals surface area contributed by atoms with E-state index in [-0.39, 0.29) is 0 Å². The highest BCUT2D eigenvalue weighted by atomic mass is 16.5. The lowest BCUT2D eigenvalue weighted by molar-refractivity contribution is 0.907. The van der Waals surface area contributed by atoms with Crippen molar-refractivity contribution in [1.82, 2.24) is 10.4 Å². The second-order valence-corrected chi connectivity index (χ2v) is 3.72. The highest BCUT2D eigenvalue weighted by Gasteiger charge is 2.11. The normalized spacial score (nSPS) is 13.4. The molecule has 6 nitrogen and oxygen atoms in total. The van der Waals surface area contributed by atoms with Gasteiger partial charge in [0.25, 0.3) is 0 Å². The number of hydrogen-bond acceptors (Lipinski definition) is 6. The number of benzene rings is 1. The van der Waals surface area contributed by atoms with Crippen molar-refractivity contribution in [3.63, 3.8) is 0 Å². The maximum Gasteiger partial charge on any atom is 0.219 e. The minimum atomic E-state index is 0.372. The van der Waals surface area contributed by atoms with E-state index in [9.17, 15) is 5.21 Å². The molecule has 0 bridgehead atoms. The zero-order chi connectivity index (χ0) is 12.4. The molecule has 3 rings (SSSR count). The number of rotatable bonds is 1. The molecule has 0 atom stereocenters. The number of aromatic nitrogens is 1. The summed E-state index contributed by atoms with van der Waals surface area (Å²) in [4.78, 5) is 8.29. The summed E-state index contributed by atoms with van der Waals surface area (Å²) in [6.45, 7) is 0. The first-order chi connectivity index (χ1) is 8.83.